The fourth-order valence-electron chi connectivity index (χ4n) is 3.27. The van der Waals surface area contributed by atoms with Gasteiger partial charge >= 0.3 is 0 Å². The first-order valence-corrected chi connectivity index (χ1v) is 7.85. The van der Waals surface area contributed by atoms with Gasteiger partial charge in [0.15, 0.2) is 0 Å². The molecule has 1 aliphatic carbocycles. The van der Waals surface area contributed by atoms with Crippen molar-refractivity contribution in [2.45, 2.75) is 30.3 Å². The zero-order chi connectivity index (χ0) is 12.5. The highest BCUT2D eigenvalue weighted by Crippen LogP contribution is 2.37. The molecule has 1 aromatic heterocycles. The molecule has 4 nitrogen and oxygen atoms in total. The normalized spacial score (nSPS) is 31.4. The van der Waals surface area contributed by atoms with Crippen molar-refractivity contribution in [3.8, 4) is 0 Å². The Morgan fingerprint density at radius 3 is 2.94 bits per heavy atom. The number of anilines is 1. The molecule has 0 amide bonds. The number of rotatable bonds is 2. The fourth-order valence-corrected chi connectivity index (χ4v) is 3.65. The Hall–Kier alpha value is -0.810. The zero-order valence-corrected chi connectivity index (χ0v) is 11.6. The third-order valence-corrected chi connectivity index (χ3v) is 4.89. The van der Waals surface area contributed by atoms with Crippen molar-refractivity contribution < 1.29 is 0 Å². The van der Waals surface area contributed by atoms with Crippen molar-refractivity contribution in [2.75, 3.05) is 24.2 Å². The molecule has 1 saturated heterocycles. The van der Waals surface area contributed by atoms with Crippen LogP contribution in [0.25, 0.3) is 0 Å². The van der Waals surface area contributed by atoms with Gasteiger partial charge in [0, 0.05) is 25.2 Å². The van der Waals surface area contributed by atoms with E-state index in [1.165, 1.54) is 19.3 Å². The summed E-state index contributed by atoms with van der Waals surface area (Å²) in [6.45, 7) is 2.26. The SMILES string of the molecule is CSc1cc(N2CC3CCC(N)CC3C2)ncn1. The maximum atomic E-state index is 6.07. The number of hydrogen-bond acceptors (Lipinski definition) is 5. The molecule has 0 bridgehead atoms. The highest BCUT2D eigenvalue weighted by molar-refractivity contribution is 7.98. The zero-order valence-electron chi connectivity index (χ0n) is 10.7. The van der Waals surface area contributed by atoms with Crippen LogP contribution in [-0.4, -0.2) is 35.4 Å². The van der Waals surface area contributed by atoms with Crippen molar-refractivity contribution >= 4 is 17.6 Å². The number of hydrogen-bond donors (Lipinski definition) is 1. The van der Waals surface area contributed by atoms with Crippen LogP contribution in [0.15, 0.2) is 17.4 Å². The monoisotopic (exact) mass is 264 g/mol. The summed E-state index contributed by atoms with van der Waals surface area (Å²) in [5, 5.41) is 1.05. The van der Waals surface area contributed by atoms with Crippen LogP contribution in [0.1, 0.15) is 19.3 Å². The van der Waals surface area contributed by atoms with Gasteiger partial charge in [-0.3, -0.25) is 0 Å². The van der Waals surface area contributed by atoms with E-state index in [1.807, 2.05) is 0 Å². The summed E-state index contributed by atoms with van der Waals surface area (Å²) in [6.07, 6.45) is 7.38. The summed E-state index contributed by atoms with van der Waals surface area (Å²) in [7, 11) is 0. The summed E-state index contributed by atoms with van der Waals surface area (Å²) >= 11 is 1.67. The van der Waals surface area contributed by atoms with E-state index in [-0.39, 0.29) is 0 Å². The van der Waals surface area contributed by atoms with Gasteiger partial charge in [-0.25, -0.2) is 9.97 Å². The third-order valence-electron chi connectivity index (χ3n) is 4.25. The summed E-state index contributed by atoms with van der Waals surface area (Å²) in [4.78, 5) is 11.1. The summed E-state index contributed by atoms with van der Waals surface area (Å²) < 4.78 is 0. The first-order valence-electron chi connectivity index (χ1n) is 6.63. The van der Waals surface area contributed by atoms with Crippen molar-refractivity contribution in [1.82, 2.24) is 9.97 Å². The standard InChI is InChI=1S/C13H20N4S/c1-18-13-5-12(15-8-16-13)17-6-9-2-3-11(14)4-10(9)7-17/h5,8-11H,2-4,6-7,14H2,1H3. The summed E-state index contributed by atoms with van der Waals surface area (Å²) in [5.74, 6) is 2.66. The Labute approximate surface area is 112 Å². The van der Waals surface area contributed by atoms with Gasteiger partial charge in [0.05, 0.1) is 0 Å². The minimum absolute atomic E-state index is 0.415. The first kappa shape index (κ1) is 12.2. The molecule has 1 aromatic rings. The van der Waals surface area contributed by atoms with E-state index < -0.39 is 0 Å². The molecular formula is C13H20N4S. The first-order chi connectivity index (χ1) is 8.76. The lowest BCUT2D eigenvalue weighted by Gasteiger charge is -2.27. The van der Waals surface area contributed by atoms with E-state index in [0.717, 1.165) is 35.8 Å². The predicted octanol–water partition coefficient (Wildman–Crippen LogP) is 1.76. The van der Waals surface area contributed by atoms with Crippen molar-refractivity contribution in [1.29, 1.82) is 0 Å². The molecule has 5 heteroatoms. The van der Waals surface area contributed by atoms with E-state index in [2.05, 4.69) is 27.2 Å². The quantitative estimate of drug-likeness (QED) is 0.651. The van der Waals surface area contributed by atoms with Gasteiger partial charge in [-0.1, -0.05) is 0 Å². The Morgan fingerprint density at radius 1 is 1.28 bits per heavy atom. The van der Waals surface area contributed by atoms with Crippen LogP contribution in [0, 0.1) is 11.8 Å². The van der Waals surface area contributed by atoms with Crippen LogP contribution >= 0.6 is 11.8 Å². The molecule has 2 N–H and O–H groups in total. The van der Waals surface area contributed by atoms with E-state index in [9.17, 15) is 0 Å². The average Bonchev–Trinajstić information content (AvgIpc) is 2.81. The molecule has 1 aliphatic heterocycles. The number of thioether (sulfide) groups is 1. The Balaban J connectivity index is 1.74. The lowest BCUT2D eigenvalue weighted by molar-refractivity contribution is 0.271. The average molecular weight is 264 g/mol. The summed E-state index contributed by atoms with van der Waals surface area (Å²) in [5.41, 5.74) is 6.07. The lowest BCUT2D eigenvalue weighted by atomic mass is 9.79. The molecular weight excluding hydrogens is 244 g/mol. The van der Waals surface area contributed by atoms with Crippen LogP contribution in [0.4, 0.5) is 5.82 Å². The van der Waals surface area contributed by atoms with Gasteiger partial charge in [0.1, 0.15) is 17.2 Å². The second-order valence-electron chi connectivity index (χ2n) is 5.42. The second-order valence-corrected chi connectivity index (χ2v) is 6.24. The molecule has 0 spiro atoms. The molecule has 2 heterocycles. The molecule has 3 unspecified atom stereocenters. The minimum Gasteiger partial charge on any atom is -0.356 e. The smallest absolute Gasteiger partial charge is 0.133 e. The van der Waals surface area contributed by atoms with Crippen LogP contribution in [-0.2, 0) is 0 Å². The minimum atomic E-state index is 0.415. The van der Waals surface area contributed by atoms with Crippen LogP contribution in [0.3, 0.4) is 0 Å². The Kier molecular flexibility index (Phi) is 3.43. The van der Waals surface area contributed by atoms with E-state index in [1.54, 1.807) is 18.1 Å². The molecule has 1 saturated carbocycles. The molecule has 0 radical (unpaired) electrons. The van der Waals surface area contributed by atoms with Gasteiger partial charge in [-0.2, -0.15) is 0 Å². The van der Waals surface area contributed by atoms with Crippen LogP contribution in [0.5, 0.6) is 0 Å². The lowest BCUT2D eigenvalue weighted by Crippen LogP contribution is -2.32. The number of fused-ring (bicyclic) bond motifs is 1. The Bertz CT molecular complexity index is 425. The van der Waals surface area contributed by atoms with Crippen LogP contribution in [0.2, 0.25) is 0 Å². The second kappa shape index (κ2) is 5.05. The maximum absolute atomic E-state index is 6.07. The molecule has 98 valence electrons. The van der Waals surface area contributed by atoms with Gasteiger partial charge < -0.3 is 10.6 Å². The summed E-state index contributed by atoms with van der Waals surface area (Å²) in [6, 6.07) is 2.51. The molecule has 0 aromatic carbocycles. The fraction of sp³-hybridized carbons (Fsp3) is 0.692. The van der Waals surface area contributed by atoms with Gasteiger partial charge in [-0.05, 0) is 37.4 Å². The highest BCUT2D eigenvalue weighted by atomic mass is 32.2. The van der Waals surface area contributed by atoms with Crippen molar-refractivity contribution in [3.63, 3.8) is 0 Å². The molecule has 3 rings (SSSR count). The van der Waals surface area contributed by atoms with E-state index in [0.29, 0.717) is 6.04 Å². The molecule has 2 aliphatic rings. The van der Waals surface area contributed by atoms with Gasteiger partial charge in [-0.15, -0.1) is 11.8 Å². The molecule has 2 fully saturated rings. The van der Waals surface area contributed by atoms with Gasteiger partial charge in [0.25, 0.3) is 0 Å². The van der Waals surface area contributed by atoms with Crippen molar-refractivity contribution in [3.05, 3.63) is 12.4 Å². The predicted molar refractivity (Wildman–Crippen MR) is 74.8 cm³/mol. The molecule has 18 heavy (non-hydrogen) atoms. The number of nitrogens with zero attached hydrogens (tertiary/aromatic N) is 3. The number of nitrogens with two attached hydrogens (primary N) is 1. The third kappa shape index (κ3) is 2.34. The Morgan fingerprint density at radius 2 is 2.11 bits per heavy atom. The number of aromatic nitrogens is 2. The van der Waals surface area contributed by atoms with E-state index in [4.69, 9.17) is 5.73 Å². The molecule has 3 atom stereocenters. The van der Waals surface area contributed by atoms with Crippen LogP contribution < -0.4 is 10.6 Å². The van der Waals surface area contributed by atoms with E-state index >= 15 is 0 Å². The van der Waals surface area contributed by atoms with Crippen molar-refractivity contribution in [2.24, 2.45) is 17.6 Å². The topological polar surface area (TPSA) is 55.0 Å². The maximum Gasteiger partial charge on any atom is 0.133 e. The highest BCUT2D eigenvalue weighted by Gasteiger charge is 2.37. The van der Waals surface area contributed by atoms with Gasteiger partial charge in [0.2, 0.25) is 0 Å². The largest absolute Gasteiger partial charge is 0.356 e.